The molecule has 7 nitrogen and oxygen atoms in total. The number of hydrogen-bond donors (Lipinski definition) is 1. The van der Waals surface area contributed by atoms with E-state index in [1.54, 1.807) is 29.2 Å². The van der Waals surface area contributed by atoms with Gasteiger partial charge in [0.25, 0.3) is 5.78 Å². The van der Waals surface area contributed by atoms with E-state index in [4.69, 9.17) is 0 Å². The molecule has 0 fully saturated rings. The van der Waals surface area contributed by atoms with Gasteiger partial charge in [0, 0.05) is 42.5 Å². The lowest BCUT2D eigenvalue weighted by Crippen LogP contribution is -2.14. The second-order valence-electron chi connectivity index (χ2n) is 6.21. The van der Waals surface area contributed by atoms with Gasteiger partial charge in [-0.3, -0.25) is 9.78 Å². The summed E-state index contributed by atoms with van der Waals surface area (Å²) in [4.78, 5) is 25.3. The van der Waals surface area contributed by atoms with E-state index in [0.717, 1.165) is 27.7 Å². The Morgan fingerprint density at radius 2 is 2.04 bits per heavy atom. The summed E-state index contributed by atoms with van der Waals surface area (Å²) in [5.74, 6) is 1.08. The summed E-state index contributed by atoms with van der Waals surface area (Å²) in [6.45, 7) is 3.99. The van der Waals surface area contributed by atoms with Gasteiger partial charge in [0.2, 0.25) is 5.91 Å². The van der Waals surface area contributed by atoms with E-state index >= 15 is 0 Å². The lowest BCUT2D eigenvalue weighted by Gasteiger charge is -2.12. The maximum Gasteiger partial charge on any atom is 0.252 e. The molecule has 7 heteroatoms. The van der Waals surface area contributed by atoms with E-state index in [1.807, 2.05) is 32.0 Å². The lowest BCUT2D eigenvalue weighted by atomic mass is 10.0. The van der Waals surface area contributed by atoms with Crippen molar-refractivity contribution < 1.29 is 4.79 Å². The largest absolute Gasteiger partial charge is 0.326 e. The summed E-state index contributed by atoms with van der Waals surface area (Å²) in [6.07, 6.45) is 6.00. The van der Waals surface area contributed by atoms with Crippen molar-refractivity contribution in [2.75, 3.05) is 5.32 Å². The van der Waals surface area contributed by atoms with Crippen molar-refractivity contribution in [3.63, 3.8) is 0 Å². The standard InChI is InChI=1S/C19H18N6O/c1-12-11-15(13(2)14-5-3-8-20-18(12)14)22-17(26)7-6-16-23-19-21-9-4-10-25(19)24-16/h3-5,8-11H,6-7H2,1-2H3,(H,22,26). The number of carbonyl (C=O) groups is 1. The van der Waals surface area contributed by atoms with Crippen LogP contribution in [0.15, 0.2) is 42.9 Å². The third-order valence-corrected chi connectivity index (χ3v) is 4.36. The Morgan fingerprint density at radius 1 is 1.19 bits per heavy atom. The second kappa shape index (κ2) is 6.51. The van der Waals surface area contributed by atoms with E-state index in [-0.39, 0.29) is 5.91 Å². The zero-order chi connectivity index (χ0) is 18.1. The summed E-state index contributed by atoms with van der Waals surface area (Å²) in [5.41, 5.74) is 3.83. The molecule has 26 heavy (non-hydrogen) atoms. The summed E-state index contributed by atoms with van der Waals surface area (Å²) in [7, 11) is 0. The van der Waals surface area contributed by atoms with Crippen molar-refractivity contribution in [1.29, 1.82) is 0 Å². The molecule has 0 saturated carbocycles. The van der Waals surface area contributed by atoms with E-state index in [0.29, 0.717) is 24.4 Å². The smallest absolute Gasteiger partial charge is 0.252 e. The molecule has 130 valence electrons. The number of rotatable bonds is 4. The average molecular weight is 346 g/mol. The van der Waals surface area contributed by atoms with Gasteiger partial charge in [0.05, 0.1) is 5.52 Å². The van der Waals surface area contributed by atoms with Crippen LogP contribution in [0.3, 0.4) is 0 Å². The maximum absolute atomic E-state index is 12.4. The number of aryl methyl sites for hydroxylation is 3. The molecule has 4 aromatic rings. The Hall–Kier alpha value is -3.35. The molecule has 0 saturated heterocycles. The molecular formula is C19H18N6O. The fourth-order valence-electron chi connectivity index (χ4n) is 3.01. The molecule has 0 aliphatic rings. The Morgan fingerprint density at radius 3 is 2.88 bits per heavy atom. The zero-order valence-corrected chi connectivity index (χ0v) is 14.6. The van der Waals surface area contributed by atoms with Gasteiger partial charge in [0.15, 0.2) is 5.82 Å². The molecule has 0 unspecified atom stereocenters. The van der Waals surface area contributed by atoms with Gasteiger partial charge in [-0.1, -0.05) is 6.07 Å². The highest BCUT2D eigenvalue weighted by Gasteiger charge is 2.12. The Kier molecular flexibility index (Phi) is 4.04. The number of amides is 1. The maximum atomic E-state index is 12.4. The normalized spacial score (nSPS) is 11.2. The van der Waals surface area contributed by atoms with Crippen molar-refractivity contribution in [3.05, 3.63) is 59.8 Å². The minimum Gasteiger partial charge on any atom is -0.326 e. The van der Waals surface area contributed by atoms with Gasteiger partial charge >= 0.3 is 0 Å². The summed E-state index contributed by atoms with van der Waals surface area (Å²) >= 11 is 0. The van der Waals surface area contributed by atoms with Crippen LogP contribution >= 0.6 is 0 Å². The number of carbonyl (C=O) groups excluding carboxylic acids is 1. The highest BCUT2D eigenvalue weighted by molar-refractivity contribution is 5.97. The van der Waals surface area contributed by atoms with Crippen molar-refractivity contribution in [2.45, 2.75) is 26.7 Å². The van der Waals surface area contributed by atoms with Crippen LogP contribution in [0.2, 0.25) is 0 Å². The summed E-state index contributed by atoms with van der Waals surface area (Å²) in [6, 6.07) is 7.69. The fraction of sp³-hybridized carbons (Fsp3) is 0.211. The Labute approximate surface area is 150 Å². The predicted molar refractivity (Wildman–Crippen MR) is 98.9 cm³/mol. The van der Waals surface area contributed by atoms with Crippen LogP contribution in [-0.4, -0.2) is 30.5 Å². The van der Waals surface area contributed by atoms with Crippen LogP contribution < -0.4 is 5.32 Å². The molecule has 4 rings (SSSR count). The van der Waals surface area contributed by atoms with Gasteiger partial charge in [-0.2, -0.15) is 4.98 Å². The molecule has 1 aromatic carbocycles. The van der Waals surface area contributed by atoms with Crippen LogP contribution in [0.1, 0.15) is 23.4 Å². The van der Waals surface area contributed by atoms with E-state index in [9.17, 15) is 4.79 Å². The van der Waals surface area contributed by atoms with E-state index in [2.05, 4.69) is 25.4 Å². The number of benzene rings is 1. The first-order valence-electron chi connectivity index (χ1n) is 8.43. The van der Waals surface area contributed by atoms with Crippen LogP contribution in [0, 0.1) is 13.8 Å². The molecule has 3 aromatic heterocycles. The molecule has 0 bridgehead atoms. The zero-order valence-electron chi connectivity index (χ0n) is 14.6. The number of nitrogens with one attached hydrogen (secondary N) is 1. The molecule has 0 spiro atoms. The monoisotopic (exact) mass is 346 g/mol. The SMILES string of the molecule is Cc1c(NC(=O)CCc2nc3ncccn3n2)cc(C)c2ncccc12. The van der Waals surface area contributed by atoms with Gasteiger partial charge in [-0.15, -0.1) is 5.10 Å². The first kappa shape index (κ1) is 16.1. The molecule has 0 aliphatic carbocycles. The molecular weight excluding hydrogens is 328 g/mol. The molecule has 0 radical (unpaired) electrons. The number of fused-ring (bicyclic) bond motifs is 2. The van der Waals surface area contributed by atoms with E-state index in [1.165, 1.54) is 0 Å². The Balaban J connectivity index is 1.49. The first-order valence-corrected chi connectivity index (χ1v) is 8.43. The van der Waals surface area contributed by atoms with Crippen LogP contribution in [-0.2, 0) is 11.2 Å². The van der Waals surface area contributed by atoms with Crippen molar-refractivity contribution in [2.24, 2.45) is 0 Å². The summed E-state index contributed by atoms with van der Waals surface area (Å²) < 4.78 is 1.61. The van der Waals surface area contributed by atoms with Crippen LogP contribution in [0.5, 0.6) is 0 Å². The predicted octanol–water partition coefficient (Wildman–Crippen LogP) is 2.86. The van der Waals surface area contributed by atoms with Gasteiger partial charge < -0.3 is 5.32 Å². The first-order chi connectivity index (χ1) is 12.6. The van der Waals surface area contributed by atoms with Gasteiger partial charge in [-0.05, 0) is 43.2 Å². The molecule has 3 heterocycles. The van der Waals surface area contributed by atoms with Crippen LogP contribution in [0.25, 0.3) is 16.7 Å². The topological polar surface area (TPSA) is 85.1 Å². The fourth-order valence-corrected chi connectivity index (χ4v) is 3.01. The third-order valence-electron chi connectivity index (χ3n) is 4.36. The van der Waals surface area contributed by atoms with E-state index < -0.39 is 0 Å². The summed E-state index contributed by atoms with van der Waals surface area (Å²) in [5, 5.41) is 8.37. The average Bonchev–Trinajstić information content (AvgIpc) is 3.07. The molecule has 1 amide bonds. The third kappa shape index (κ3) is 2.99. The minimum absolute atomic E-state index is 0.0671. The number of hydrogen-bond acceptors (Lipinski definition) is 5. The van der Waals surface area contributed by atoms with Crippen molar-refractivity contribution in [1.82, 2.24) is 24.6 Å². The van der Waals surface area contributed by atoms with Crippen molar-refractivity contribution >= 4 is 28.3 Å². The van der Waals surface area contributed by atoms with Gasteiger partial charge in [0.1, 0.15) is 0 Å². The number of nitrogens with zero attached hydrogens (tertiary/aromatic N) is 5. The molecule has 0 atom stereocenters. The molecule has 1 N–H and O–H groups in total. The van der Waals surface area contributed by atoms with Gasteiger partial charge in [-0.25, -0.2) is 9.50 Å². The highest BCUT2D eigenvalue weighted by atomic mass is 16.1. The number of pyridine rings is 1. The number of anilines is 1. The van der Waals surface area contributed by atoms with Crippen LogP contribution in [0.4, 0.5) is 5.69 Å². The second-order valence-corrected chi connectivity index (χ2v) is 6.21. The Bertz CT molecular complexity index is 1080. The van der Waals surface area contributed by atoms with Crippen molar-refractivity contribution in [3.8, 4) is 0 Å². The number of aromatic nitrogens is 5. The highest BCUT2D eigenvalue weighted by Crippen LogP contribution is 2.27. The molecule has 0 aliphatic heterocycles. The lowest BCUT2D eigenvalue weighted by molar-refractivity contribution is -0.116. The minimum atomic E-state index is -0.0671. The quantitative estimate of drug-likeness (QED) is 0.614.